The van der Waals surface area contributed by atoms with E-state index in [1.54, 1.807) is 32.6 Å². The van der Waals surface area contributed by atoms with Crippen molar-refractivity contribution in [2.24, 2.45) is 11.8 Å². The van der Waals surface area contributed by atoms with Crippen LogP contribution >= 0.6 is 18.0 Å². The topological polar surface area (TPSA) is 151 Å². The number of nitrogens with zero attached hydrogens (tertiary/aromatic N) is 3. The van der Waals surface area contributed by atoms with Crippen LogP contribution in [0.3, 0.4) is 0 Å². The SMILES string of the molecule is CCN(Cc1cn(CC(=O)NCc2cc[c]([Po][I])cc2)c2ccccc12)C(=O)[C@@H](NC(=O)[C@H](C)N(C[C@H](CC(C)C)NC(=O)OCC1c2ccccc2-c2ccccc21)C(=O)OC(C)(C)C)C(C)C. The molecule has 368 valence electrons. The van der Waals surface area contributed by atoms with Crippen LogP contribution in [0, 0.1) is 11.8 Å². The minimum absolute atomic E-state index is 0.0529. The van der Waals surface area contributed by atoms with Crippen molar-refractivity contribution in [1.82, 2.24) is 30.3 Å². The maximum absolute atomic E-state index is 14.5. The van der Waals surface area contributed by atoms with E-state index in [0.29, 0.717) is 19.5 Å². The number of hydrogen-bond acceptors (Lipinski definition) is 7. The van der Waals surface area contributed by atoms with Gasteiger partial charge in [-0.25, -0.2) is 9.59 Å². The van der Waals surface area contributed by atoms with Crippen LogP contribution in [0.4, 0.5) is 9.59 Å². The summed E-state index contributed by atoms with van der Waals surface area (Å²) in [6.07, 6.45) is 1.05. The summed E-state index contributed by atoms with van der Waals surface area (Å²) < 4.78 is 15.1. The molecule has 0 aliphatic heterocycles. The summed E-state index contributed by atoms with van der Waals surface area (Å²) in [7, 11) is 0. The normalized spacial score (nSPS) is 13.6. The summed E-state index contributed by atoms with van der Waals surface area (Å²) in [5, 5.41) is 9.96. The smallest absolute Gasteiger partial charge is 0.411 e. The van der Waals surface area contributed by atoms with Crippen LogP contribution in [-0.2, 0) is 43.5 Å². The van der Waals surface area contributed by atoms with Gasteiger partial charge in [0, 0.05) is 19.0 Å². The monoisotopic (exact) mass is 1250 g/mol. The molecule has 0 saturated carbocycles. The Hall–Kier alpha value is -5.00. The average Bonchev–Trinajstić information content (AvgIpc) is 3.83. The van der Waals surface area contributed by atoms with Crippen LogP contribution in [0.2, 0.25) is 0 Å². The minimum Gasteiger partial charge on any atom is -0.449 e. The first-order chi connectivity index (χ1) is 32.9. The van der Waals surface area contributed by atoms with Gasteiger partial charge < -0.3 is 25.0 Å². The number of ether oxygens (including phenoxy) is 2. The molecule has 0 fully saturated rings. The number of alkyl carbamates (subject to hydrolysis) is 1. The maximum Gasteiger partial charge on any atom is 0.411 e. The minimum atomic E-state index is -1.09. The Balaban J connectivity index is 1.14. The van der Waals surface area contributed by atoms with E-state index in [2.05, 4.69) is 82.4 Å². The van der Waals surface area contributed by atoms with Gasteiger partial charge in [-0.15, -0.1) is 0 Å². The van der Waals surface area contributed by atoms with Crippen molar-refractivity contribution >= 4 is 81.3 Å². The molecule has 13 nitrogen and oxygen atoms in total. The largest absolute Gasteiger partial charge is 0.449 e. The molecule has 0 radical (unpaired) electrons. The summed E-state index contributed by atoms with van der Waals surface area (Å²) in [6, 6.07) is 29.9. The Bertz CT molecular complexity index is 2550. The molecule has 0 bridgehead atoms. The van der Waals surface area contributed by atoms with Crippen molar-refractivity contribution in [2.75, 3.05) is 19.7 Å². The quantitative estimate of drug-likeness (QED) is 0.0660. The van der Waals surface area contributed by atoms with Gasteiger partial charge in [0.25, 0.3) is 0 Å². The first-order valence-corrected chi connectivity index (χ1v) is 34.3. The number of halogens is 1. The molecule has 0 saturated heterocycles. The van der Waals surface area contributed by atoms with Gasteiger partial charge in [-0.3, -0.25) is 14.5 Å². The molecule has 3 N–H and O–H groups in total. The molecule has 0 unspecified atom stereocenters. The number of fused-ring (bicyclic) bond motifs is 4. The fourth-order valence-corrected chi connectivity index (χ4v) is 12.3. The van der Waals surface area contributed by atoms with E-state index in [9.17, 15) is 24.0 Å². The van der Waals surface area contributed by atoms with Gasteiger partial charge in [-0.1, -0.05) is 82.3 Å². The summed E-state index contributed by atoms with van der Waals surface area (Å²) in [5.74, 6) is -1.28. The van der Waals surface area contributed by atoms with E-state index in [4.69, 9.17) is 9.47 Å². The second-order valence-electron chi connectivity index (χ2n) is 19.5. The van der Waals surface area contributed by atoms with Crippen molar-refractivity contribution in [3.8, 4) is 11.1 Å². The summed E-state index contributed by atoms with van der Waals surface area (Å²) in [4.78, 5) is 72.8. The number of likely N-dealkylation sites (N-methyl/N-ethyl adjacent to an activating group) is 1. The van der Waals surface area contributed by atoms with Crippen molar-refractivity contribution in [2.45, 2.75) is 118 Å². The van der Waals surface area contributed by atoms with Crippen molar-refractivity contribution in [3.05, 3.63) is 126 Å². The van der Waals surface area contributed by atoms with E-state index in [-0.39, 0.29) is 55.8 Å². The molecule has 0 spiro atoms. The molecule has 69 heavy (non-hydrogen) atoms. The Morgan fingerprint density at radius 1 is 0.826 bits per heavy atom. The Labute approximate surface area is 428 Å². The molecule has 3 atom stereocenters. The van der Waals surface area contributed by atoms with Gasteiger partial charge in [0.05, 0.1) is 6.04 Å². The fourth-order valence-electron chi connectivity index (χ4n) is 8.83. The van der Waals surface area contributed by atoms with E-state index < -0.39 is 61.2 Å². The zero-order valence-electron chi connectivity index (χ0n) is 41.2. The zero-order valence-corrected chi connectivity index (χ0v) is 46.5. The zero-order chi connectivity index (χ0) is 50.0. The third-order valence-corrected chi connectivity index (χ3v) is 18.5. The van der Waals surface area contributed by atoms with Crippen molar-refractivity contribution in [3.63, 3.8) is 0 Å². The van der Waals surface area contributed by atoms with Crippen LogP contribution in [0.5, 0.6) is 0 Å². The number of para-hydroxylation sites is 1. The number of aromatic nitrogens is 1. The van der Waals surface area contributed by atoms with Gasteiger partial charge >= 0.3 is 164 Å². The van der Waals surface area contributed by atoms with Crippen LogP contribution in [-0.4, -0.2) is 107 Å². The third kappa shape index (κ3) is 14.1. The predicted octanol–water partition coefficient (Wildman–Crippen LogP) is 8.71. The van der Waals surface area contributed by atoms with Crippen LogP contribution in [0.1, 0.15) is 96.9 Å². The van der Waals surface area contributed by atoms with Crippen molar-refractivity contribution in [1.29, 1.82) is 0 Å². The summed E-state index contributed by atoms with van der Waals surface area (Å²) in [5.41, 5.74) is 6.33. The summed E-state index contributed by atoms with van der Waals surface area (Å²) >= 11 is 1.98. The second kappa shape index (κ2) is 24.2. The standard InChI is InChI=1S/C54H67N6O7.HI.Po/c1-10-58(30-39-31-59(47-27-19-18-22-41(39)47)33-48(61)55-29-38-20-12-11-13-21-38)51(63)49(36(4)5)57-50(62)37(6)60(53(65)67-54(7,8)9)32-40(28-35(2)3)56-52(64)66-34-46-44-25-16-14-23-42(44)43-24-15-17-26-45(43)46;;/h12-27,31,35-37,40,46,49H,10,28-30,32-34H2,1-9H3,(H,55,61)(H,56,64)(H,57,62);1H;/q;;+1/p-1/t37-,40-,49-;;/m0../s1. The molecule has 1 aliphatic carbocycles. The molecule has 5 amide bonds. The molecule has 15 heteroatoms. The number of benzene rings is 4. The molecule has 1 aromatic heterocycles. The summed E-state index contributed by atoms with van der Waals surface area (Å²) in [6.45, 7) is 17.7. The number of amides is 5. The number of nitrogens with one attached hydrogen (secondary N) is 3. The van der Waals surface area contributed by atoms with Gasteiger partial charge in [0.15, 0.2) is 0 Å². The van der Waals surface area contributed by atoms with Crippen LogP contribution < -0.4 is 19.2 Å². The number of carbonyl (C=O) groups excluding carboxylic acids is 5. The first-order valence-electron chi connectivity index (χ1n) is 23.8. The van der Waals surface area contributed by atoms with E-state index in [1.165, 1.54) is 8.12 Å². The maximum atomic E-state index is 14.5. The van der Waals surface area contributed by atoms with E-state index in [0.717, 1.165) is 44.3 Å². The Kier molecular flexibility index (Phi) is 18.7. The molecular formula is C54H67IN6O7Po. The number of rotatable bonds is 20. The molecular weight excluding hydrogens is 1180 g/mol. The number of hydrogen-bond donors (Lipinski definition) is 3. The second-order valence-corrected chi connectivity index (χ2v) is 25.8. The molecule has 4 aromatic carbocycles. The molecule has 1 aliphatic rings. The van der Waals surface area contributed by atoms with Gasteiger partial charge in [-0.2, -0.15) is 0 Å². The first kappa shape index (κ1) is 53.3. The van der Waals surface area contributed by atoms with Gasteiger partial charge in [-0.05, 0) is 75.1 Å². The number of carbonyl (C=O) groups is 5. The van der Waals surface area contributed by atoms with Gasteiger partial charge in [0.1, 0.15) is 24.3 Å². The van der Waals surface area contributed by atoms with E-state index in [1.807, 2.05) is 93.9 Å². The average molecular weight is 1250 g/mol. The predicted molar refractivity (Wildman–Crippen MR) is 281 cm³/mol. The molecule has 1 heterocycles. The Morgan fingerprint density at radius 3 is 2.04 bits per heavy atom. The fraction of sp³-hybridized carbons (Fsp3) is 0.426. The third-order valence-electron chi connectivity index (χ3n) is 12.3. The Morgan fingerprint density at radius 2 is 1.45 bits per heavy atom. The van der Waals surface area contributed by atoms with Crippen molar-refractivity contribution < 1.29 is 33.4 Å². The van der Waals surface area contributed by atoms with E-state index >= 15 is 0 Å². The molecule has 6 rings (SSSR count). The van der Waals surface area contributed by atoms with Crippen LogP contribution in [0.15, 0.2) is 103 Å². The van der Waals surface area contributed by atoms with Crippen LogP contribution in [0.25, 0.3) is 22.0 Å². The van der Waals surface area contributed by atoms with Gasteiger partial charge in [0.2, 0.25) is 11.8 Å². The molecule has 5 aromatic rings.